The van der Waals surface area contributed by atoms with E-state index in [-0.39, 0.29) is 25.2 Å². The number of nitrogens with one attached hydrogen (secondary N) is 1. The number of aromatic nitrogens is 1. The average molecular weight is 432 g/mol. The Morgan fingerprint density at radius 1 is 1.03 bits per heavy atom. The summed E-state index contributed by atoms with van der Waals surface area (Å²) in [6.07, 6.45) is 1.13. The van der Waals surface area contributed by atoms with E-state index >= 15 is 0 Å². The third kappa shape index (κ3) is 4.75. The molecule has 0 unspecified atom stereocenters. The molecular formula is C24H20N2O6. The molecule has 0 aliphatic rings. The van der Waals surface area contributed by atoms with Crippen molar-refractivity contribution in [1.29, 1.82) is 0 Å². The number of nitrogens with zero attached hydrogens (tertiary/aromatic N) is 1. The van der Waals surface area contributed by atoms with Crippen molar-refractivity contribution in [3.05, 3.63) is 82.3 Å². The summed E-state index contributed by atoms with van der Waals surface area (Å²) in [7, 11) is 0. The number of fused-ring (bicyclic) bond motifs is 2. The second kappa shape index (κ2) is 9.30. The van der Waals surface area contributed by atoms with Gasteiger partial charge in [-0.2, -0.15) is 0 Å². The van der Waals surface area contributed by atoms with Crippen LogP contribution in [-0.4, -0.2) is 23.7 Å². The van der Waals surface area contributed by atoms with Gasteiger partial charge in [0.2, 0.25) is 0 Å². The zero-order valence-electron chi connectivity index (χ0n) is 17.3. The molecule has 0 saturated carbocycles. The second-order valence-electron chi connectivity index (χ2n) is 6.98. The van der Waals surface area contributed by atoms with Gasteiger partial charge in [0.25, 0.3) is 0 Å². The SMILES string of the molecule is CCOC(=O)Nc1ccc2c(COC(=O)Cc3cccc4cccnc34)cc(=O)oc2c1. The van der Waals surface area contributed by atoms with Gasteiger partial charge < -0.3 is 13.9 Å². The van der Waals surface area contributed by atoms with Crippen molar-refractivity contribution in [2.75, 3.05) is 11.9 Å². The number of hydrogen-bond donors (Lipinski definition) is 1. The van der Waals surface area contributed by atoms with E-state index in [1.54, 1.807) is 25.3 Å². The molecule has 1 amide bonds. The molecule has 162 valence electrons. The summed E-state index contributed by atoms with van der Waals surface area (Å²) < 4.78 is 15.5. The van der Waals surface area contributed by atoms with E-state index in [0.717, 1.165) is 16.5 Å². The zero-order valence-corrected chi connectivity index (χ0v) is 17.3. The minimum absolute atomic E-state index is 0.0569. The molecule has 8 heteroatoms. The maximum absolute atomic E-state index is 12.5. The molecule has 0 radical (unpaired) electrons. The molecule has 2 aromatic carbocycles. The Hall–Kier alpha value is -4.20. The van der Waals surface area contributed by atoms with E-state index in [0.29, 0.717) is 16.6 Å². The second-order valence-corrected chi connectivity index (χ2v) is 6.98. The van der Waals surface area contributed by atoms with Crippen molar-refractivity contribution in [3.63, 3.8) is 0 Å². The minimum atomic E-state index is -0.609. The molecule has 0 bridgehead atoms. The number of pyridine rings is 1. The fourth-order valence-corrected chi connectivity index (χ4v) is 3.39. The van der Waals surface area contributed by atoms with Gasteiger partial charge in [-0.15, -0.1) is 0 Å². The predicted molar refractivity (Wildman–Crippen MR) is 118 cm³/mol. The molecule has 32 heavy (non-hydrogen) atoms. The highest BCUT2D eigenvalue weighted by molar-refractivity contribution is 5.90. The van der Waals surface area contributed by atoms with E-state index in [1.165, 1.54) is 12.1 Å². The molecule has 8 nitrogen and oxygen atoms in total. The molecule has 2 heterocycles. The van der Waals surface area contributed by atoms with Crippen molar-refractivity contribution >= 4 is 39.6 Å². The van der Waals surface area contributed by atoms with Crippen molar-refractivity contribution in [2.45, 2.75) is 20.0 Å². The third-order valence-electron chi connectivity index (χ3n) is 4.79. The predicted octanol–water partition coefficient (Wildman–Crippen LogP) is 4.20. The topological polar surface area (TPSA) is 108 Å². The van der Waals surface area contributed by atoms with Crippen LogP contribution in [0, 0.1) is 0 Å². The van der Waals surface area contributed by atoms with E-state index in [2.05, 4.69) is 10.3 Å². The number of amides is 1. The molecule has 0 spiro atoms. The van der Waals surface area contributed by atoms with E-state index in [9.17, 15) is 14.4 Å². The molecule has 0 fully saturated rings. The summed E-state index contributed by atoms with van der Waals surface area (Å²) in [5, 5.41) is 4.09. The first-order chi connectivity index (χ1) is 15.5. The van der Waals surface area contributed by atoms with Crippen molar-refractivity contribution < 1.29 is 23.5 Å². The summed E-state index contributed by atoms with van der Waals surface area (Å²) in [6.45, 7) is 1.84. The largest absolute Gasteiger partial charge is 0.461 e. The Morgan fingerprint density at radius 2 is 1.88 bits per heavy atom. The highest BCUT2D eigenvalue weighted by atomic mass is 16.5. The van der Waals surface area contributed by atoms with Crippen LogP contribution >= 0.6 is 0 Å². The third-order valence-corrected chi connectivity index (χ3v) is 4.79. The lowest BCUT2D eigenvalue weighted by molar-refractivity contribution is -0.144. The first kappa shape index (κ1) is 21.0. The molecule has 0 aliphatic carbocycles. The molecule has 0 saturated heterocycles. The van der Waals surface area contributed by atoms with E-state index in [1.807, 2.05) is 30.3 Å². The molecule has 1 N–H and O–H groups in total. The van der Waals surface area contributed by atoms with E-state index in [4.69, 9.17) is 13.9 Å². The number of hydrogen-bond acceptors (Lipinski definition) is 7. The number of esters is 1. The standard InChI is InChI=1S/C24H20N2O6/c1-2-30-24(29)26-18-8-9-19-17(12-22(28)32-20(19)13-18)14-31-21(27)11-16-6-3-5-15-7-4-10-25-23(15)16/h3-10,12-13H,2,11,14H2,1H3,(H,26,29). The number of ether oxygens (including phenoxy) is 2. The molecule has 2 aromatic heterocycles. The van der Waals surface area contributed by atoms with Crippen molar-refractivity contribution in [1.82, 2.24) is 4.98 Å². The number of benzene rings is 2. The van der Waals surface area contributed by atoms with Gasteiger partial charge in [-0.1, -0.05) is 24.3 Å². The van der Waals surface area contributed by atoms with Crippen LogP contribution in [0.4, 0.5) is 10.5 Å². The normalized spacial score (nSPS) is 10.8. The van der Waals surface area contributed by atoms with Crippen LogP contribution in [0.15, 0.2) is 70.0 Å². The van der Waals surface area contributed by atoms with Gasteiger partial charge in [-0.05, 0) is 30.7 Å². The molecule has 0 aliphatic heterocycles. The number of carbonyl (C=O) groups excluding carboxylic acids is 2. The van der Waals surface area contributed by atoms with Gasteiger partial charge in [-0.3, -0.25) is 15.1 Å². The van der Waals surface area contributed by atoms with Gasteiger partial charge in [0.1, 0.15) is 12.2 Å². The van der Waals surface area contributed by atoms with Crippen LogP contribution in [0.3, 0.4) is 0 Å². The summed E-state index contributed by atoms with van der Waals surface area (Å²) in [4.78, 5) is 40.4. The van der Waals surface area contributed by atoms with Crippen LogP contribution in [0.2, 0.25) is 0 Å². The van der Waals surface area contributed by atoms with Crippen LogP contribution < -0.4 is 10.9 Å². The smallest absolute Gasteiger partial charge is 0.411 e. The molecule has 0 atom stereocenters. The van der Waals surface area contributed by atoms with Crippen LogP contribution in [0.5, 0.6) is 0 Å². The molecule has 4 rings (SSSR count). The quantitative estimate of drug-likeness (QED) is 0.359. The summed E-state index contributed by atoms with van der Waals surface area (Å²) in [6, 6.07) is 15.5. The van der Waals surface area contributed by atoms with Gasteiger partial charge in [0.05, 0.1) is 18.5 Å². The Bertz CT molecular complexity index is 1360. The maximum atomic E-state index is 12.5. The number of rotatable bonds is 6. The van der Waals surface area contributed by atoms with Crippen molar-refractivity contribution in [2.24, 2.45) is 0 Å². The molecular weight excluding hydrogens is 412 g/mol. The Kier molecular flexibility index (Phi) is 6.12. The first-order valence-corrected chi connectivity index (χ1v) is 10.0. The van der Waals surface area contributed by atoms with Gasteiger partial charge >= 0.3 is 17.7 Å². The van der Waals surface area contributed by atoms with Crippen LogP contribution in [0.1, 0.15) is 18.1 Å². The lowest BCUT2D eigenvalue weighted by Gasteiger charge is -2.10. The summed E-state index contributed by atoms with van der Waals surface area (Å²) >= 11 is 0. The number of para-hydroxylation sites is 1. The highest BCUT2D eigenvalue weighted by Gasteiger charge is 2.13. The van der Waals surface area contributed by atoms with Crippen molar-refractivity contribution in [3.8, 4) is 0 Å². The lowest BCUT2D eigenvalue weighted by atomic mass is 10.1. The minimum Gasteiger partial charge on any atom is -0.461 e. The Balaban J connectivity index is 1.50. The molecule has 4 aromatic rings. The van der Waals surface area contributed by atoms with Gasteiger partial charge in [-0.25, -0.2) is 9.59 Å². The fourth-order valence-electron chi connectivity index (χ4n) is 3.39. The monoisotopic (exact) mass is 432 g/mol. The van der Waals surface area contributed by atoms with E-state index < -0.39 is 17.7 Å². The maximum Gasteiger partial charge on any atom is 0.411 e. The first-order valence-electron chi connectivity index (χ1n) is 10.0. The number of anilines is 1. The lowest BCUT2D eigenvalue weighted by Crippen LogP contribution is -2.13. The number of carbonyl (C=O) groups is 2. The van der Waals surface area contributed by atoms with Crippen LogP contribution in [-0.2, 0) is 27.3 Å². The highest BCUT2D eigenvalue weighted by Crippen LogP contribution is 2.23. The fraction of sp³-hybridized carbons (Fsp3) is 0.167. The summed E-state index contributed by atoms with van der Waals surface area (Å²) in [5.41, 5.74) is 2.10. The Morgan fingerprint density at radius 3 is 2.72 bits per heavy atom. The average Bonchev–Trinajstić information content (AvgIpc) is 2.77. The van der Waals surface area contributed by atoms with Crippen LogP contribution in [0.25, 0.3) is 21.9 Å². The van der Waals surface area contributed by atoms with Gasteiger partial charge in [0, 0.05) is 40.4 Å². The Labute approximate surface area is 182 Å². The summed E-state index contributed by atoms with van der Waals surface area (Å²) in [5.74, 6) is -0.440. The van der Waals surface area contributed by atoms with Gasteiger partial charge in [0.15, 0.2) is 0 Å². The zero-order chi connectivity index (χ0) is 22.5.